The molecule has 1 aliphatic rings. The lowest BCUT2D eigenvalue weighted by Gasteiger charge is -2.24. The Bertz CT molecular complexity index is 476. The average Bonchev–Trinajstić information content (AvgIpc) is 2.88. The molecule has 124 valence electrons. The van der Waals surface area contributed by atoms with Crippen LogP contribution >= 0.6 is 0 Å². The molecule has 1 aromatic rings. The van der Waals surface area contributed by atoms with E-state index in [-0.39, 0.29) is 5.91 Å². The van der Waals surface area contributed by atoms with Gasteiger partial charge in [0.25, 0.3) is 0 Å². The van der Waals surface area contributed by atoms with Crippen molar-refractivity contribution in [1.29, 1.82) is 0 Å². The van der Waals surface area contributed by atoms with Gasteiger partial charge in [-0.05, 0) is 33.5 Å². The van der Waals surface area contributed by atoms with Gasteiger partial charge in [-0.1, -0.05) is 12.1 Å². The Labute approximate surface area is 132 Å². The fourth-order valence-corrected chi connectivity index (χ4v) is 2.59. The Morgan fingerprint density at radius 3 is 2.77 bits per heavy atom. The first-order chi connectivity index (χ1) is 10.6. The largest absolute Gasteiger partial charge is 0.337 e. The summed E-state index contributed by atoms with van der Waals surface area (Å²) in [4.78, 5) is 23.1. The van der Waals surface area contributed by atoms with Gasteiger partial charge >= 0.3 is 0 Å². The summed E-state index contributed by atoms with van der Waals surface area (Å²) in [7, 11) is 2.13. The second kappa shape index (κ2) is 8.24. The maximum Gasteiger partial charge on any atom is 0.246 e. The molecule has 0 atom stereocenters. The third kappa shape index (κ3) is 4.78. The molecule has 1 fully saturated rings. The highest BCUT2D eigenvalue weighted by atomic mass is 16.5. The molecule has 22 heavy (non-hydrogen) atoms. The highest BCUT2D eigenvalue weighted by Crippen LogP contribution is 2.06. The van der Waals surface area contributed by atoms with Crippen LogP contribution in [0.25, 0.3) is 0 Å². The summed E-state index contributed by atoms with van der Waals surface area (Å²) < 4.78 is 5.19. The van der Waals surface area contributed by atoms with Crippen molar-refractivity contribution in [2.75, 3.05) is 46.3 Å². The minimum Gasteiger partial charge on any atom is -0.337 e. The molecule has 2 heterocycles. The Kier molecular flexibility index (Phi) is 6.33. The zero-order chi connectivity index (χ0) is 15.9. The Morgan fingerprint density at radius 2 is 2.09 bits per heavy atom. The number of rotatable bonds is 6. The fourth-order valence-electron chi connectivity index (χ4n) is 2.59. The van der Waals surface area contributed by atoms with Crippen LogP contribution in [-0.4, -0.2) is 77.1 Å². The van der Waals surface area contributed by atoms with E-state index in [4.69, 9.17) is 4.52 Å². The van der Waals surface area contributed by atoms with E-state index < -0.39 is 0 Å². The van der Waals surface area contributed by atoms with Gasteiger partial charge in [0.15, 0.2) is 5.82 Å². The molecule has 0 aliphatic carbocycles. The molecule has 2 rings (SSSR count). The number of aromatic nitrogens is 2. The van der Waals surface area contributed by atoms with Gasteiger partial charge in [0, 0.05) is 26.1 Å². The van der Waals surface area contributed by atoms with Crippen molar-refractivity contribution >= 4 is 5.91 Å². The first-order valence-electron chi connectivity index (χ1n) is 8.12. The van der Waals surface area contributed by atoms with Crippen molar-refractivity contribution in [2.24, 2.45) is 0 Å². The number of hydrogen-bond donors (Lipinski definition) is 0. The highest BCUT2D eigenvalue weighted by molar-refractivity contribution is 5.78. The van der Waals surface area contributed by atoms with Crippen molar-refractivity contribution in [1.82, 2.24) is 24.8 Å². The summed E-state index contributed by atoms with van der Waals surface area (Å²) in [5.74, 6) is 1.33. The van der Waals surface area contributed by atoms with Crippen LogP contribution in [0.1, 0.15) is 32.0 Å². The molecule has 0 spiro atoms. The molecular weight excluding hydrogens is 282 g/mol. The monoisotopic (exact) mass is 309 g/mol. The Balaban J connectivity index is 1.88. The number of likely N-dealkylation sites (N-methyl/N-ethyl adjacent to an activating group) is 2. The van der Waals surface area contributed by atoms with E-state index in [2.05, 4.69) is 27.0 Å². The van der Waals surface area contributed by atoms with Crippen LogP contribution in [0.4, 0.5) is 0 Å². The summed E-state index contributed by atoms with van der Waals surface area (Å²) in [6, 6.07) is 0. The van der Waals surface area contributed by atoms with Crippen LogP contribution in [0.15, 0.2) is 4.52 Å². The molecule has 1 amide bonds. The van der Waals surface area contributed by atoms with Crippen LogP contribution in [0.2, 0.25) is 0 Å². The van der Waals surface area contributed by atoms with Crippen molar-refractivity contribution in [3.05, 3.63) is 11.7 Å². The van der Waals surface area contributed by atoms with Crippen LogP contribution in [0.3, 0.4) is 0 Å². The molecular formula is C15H27N5O2. The minimum atomic E-state index is 0.128. The summed E-state index contributed by atoms with van der Waals surface area (Å²) >= 11 is 0. The molecule has 0 unspecified atom stereocenters. The van der Waals surface area contributed by atoms with E-state index >= 15 is 0 Å². The molecule has 1 saturated heterocycles. The SMILES string of the molecule is CCc1noc(CN(CC)C(=O)CN2CCCN(C)CC2)n1. The lowest BCUT2D eigenvalue weighted by Crippen LogP contribution is -2.41. The predicted molar refractivity (Wildman–Crippen MR) is 83.3 cm³/mol. The van der Waals surface area contributed by atoms with Gasteiger partial charge in [-0.15, -0.1) is 0 Å². The van der Waals surface area contributed by atoms with Gasteiger partial charge < -0.3 is 14.3 Å². The molecule has 0 bridgehead atoms. The van der Waals surface area contributed by atoms with E-state index in [1.165, 1.54) is 0 Å². The fraction of sp³-hybridized carbons (Fsp3) is 0.800. The van der Waals surface area contributed by atoms with Crippen molar-refractivity contribution in [2.45, 2.75) is 33.2 Å². The smallest absolute Gasteiger partial charge is 0.246 e. The Hall–Kier alpha value is -1.47. The highest BCUT2D eigenvalue weighted by Gasteiger charge is 2.20. The molecule has 1 aromatic heterocycles. The molecule has 7 heteroatoms. The van der Waals surface area contributed by atoms with Crippen LogP contribution < -0.4 is 0 Å². The molecule has 0 N–H and O–H groups in total. The molecule has 0 radical (unpaired) electrons. The Morgan fingerprint density at radius 1 is 1.27 bits per heavy atom. The number of amides is 1. The quantitative estimate of drug-likeness (QED) is 0.767. The summed E-state index contributed by atoms with van der Waals surface area (Å²) in [6.07, 6.45) is 1.85. The standard InChI is InChI=1S/C15H27N5O2/c1-4-13-16-14(22-17-13)11-20(5-2)15(21)12-19-8-6-7-18(3)9-10-19/h4-12H2,1-3H3. The normalized spacial score (nSPS) is 17.4. The topological polar surface area (TPSA) is 65.7 Å². The van der Waals surface area contributed by atoms with Crippen molar-refractivity contribution in [3.8, 4) is 0 Å². The maximum atomic E-state index is 12.5. The van der Waals surface area contributed by atoms with E-state index in [0.717, 1.165) is 39.0 Å². The van der Waals surface area contributed by atoms with Crippen molar-refractivity contribution < 1.29 is 9.32 Å². The number of carbonyl (C=O) groups excluding carboxylic acids is 1. The van der Waals surface area contributed by atoms with E-state index in [1.54, 1.807) is 4.90 Å². The number of carbonyl (C=O) groups is 1. The van der Waals surface area contributed by atoms with E-state index in [1.807, 2.05) is 13.8 Å². The van der Waals surface area contributed by atoms with Gasteiger partial charge in [0.2, 0.25) is 11.8 Å². The first kappa shape index (κ1) is 16.9. The number of nitrogens with zero attached hydrogens (tertiary/aromatic N) is 5. The van der Waals surface area contributed by atoms with E-state index in [9.17, 15) is 4.79 Å². The molecule has 7 nitrogen and oxygen atoms in total. The zero-order valence-electron chi connectivity index (χ0n) is 13.9. The maximum absolute atomic E-state index is 12.5. The second-order valence-electron chi connectivity index (χ2n) is 5.80. The average molecular weight is 309 g/mol. The van der Waals surface area contributed by atoms with Gasteiger partial charge in [-0.25, -0.2) is 0 Å². The molecule has 1 aliphatic heterocycles. The van der Waals surface area contributed by atoms with Crippen molar-refractivity contribution in [3.63, 3.8) is 0 Å². The van der Waals surface area contributed by atoms with Gasteiger partial charge in [-0.2, -0.15) is 4.98 Å². The van der Waals surface area contributed by atoms with Crippen LogP contribution in [0, 0.1) is 0 Å². The predicted octanol–water partition coefficient (Wildman–Crippen LogP) is 0.618. The van der Waals surface area contributed by atoms with Gasteiger partial charge in [-0.3, -0.25) is 9.69 Å². The molecule has 0 saturated carbocycles. The van der Waals surface area contributed by atoms with Gasteiger partial charge in [0.1, 0.15) is 6.54 Å². The number of hydrogen-bond acceptors (Lipinski definition) is 6. The second-order valence-corrected chi connectivity index (χ2v) is 5.80. The third-order valence-corrected chi connectivity index (χ3v) is 4.06. The number of aryl methyl sites for hydroxylation is 1. The summed E-state index contributed by atoms with van der Waals surface area (Å²) in [6.45, 7) is 9.52. The van der Waals surface area contributed by atoms with Crippen LogP contribution in [-0.2, 0) is 17.8 Å². The summed E-state index contributed by atoms with van der Waals surface area (Å²) in [5, 5.41) is 3.88. The lowest BCUT2D eigenvalue weighted by atomic mass is 10.3. The lowest BCUT2D eigenvalue weighted by molar-refractivity contribution is -0.133. The minimum absolute atomic E-state index is 0.128. The van der Waals surface area contributed by atoms with E-state index in [0.29, 0.717) is 31.3 Å². The van der Waals surface area contributed by atoms with Crippen LogP contribution in [0.5, 0.6) is 0 Å². The third-order valence-electron chi connectivity index (χ3n) is 4.06. The first-order valence-corrected chi connectivity index (χ1v) is 8.12. The van der Waals surface area contributed by atoms with Gasteiger partial charge in [0.05, 0.1) is 6.54 Å². The molecule has 0 aromatic carbocycles. The summed E-state index contributed by atoms with van der Waals surface area (Å²) in [5.41, 5.74) is 0. The zero-order valence-corrected chi connectivity index (χ0v) is 13.9.